The maximum absolute atomic E-state index is 5.56. The van der Waals surface area contributed by atoms with Crippen LogP contribution in [0, 0.1) is 6.92 Å². The van der Waals surface area contributed by atoms with E-state index in [2.05, 4.69) is 15.3 Å². The molecule has 0 aromatic carbocycles. The zero-order chi connectivity index (χ0) is 12.7. The fraction of sp³-hybridized carbons (Fsp3) is 0.667. The van der Waals surface area contributed by atoms with E-state index in [1.54, 1.807) is 0 Å². The van der Waals surface area contributed by atoms with Crippen molar-refractivity contribution in [1.29, 1.82) is 0 Å². The molecule has 0 aliphatic heterocycles. The van der Waals surface area contributed by atoms with Crippen LogP contribution >= 0.6 is 0 Å². The Morgan fingerprint density at radius 1 is 1.29 bits per heavy atom. The minimum Gasteiger partial charge on any atom is -0.475 e. The highest BCUT2D eigenvalue weighted by molar-refractivity contribution is 5.47. The minimum atomic E-state index is 0.224. The molecule has 1 rings (SSSR count). The zero-order valence-electron chi connectivity index (χ0n) is 11.0. The van der Waals surface area contributed by atoms with E-state index >= 15 is 0 Å². The number of aromatic nitrogens is 2. The van der Waals surface area contributed by atoms with Crippen LogP contribution in [-0.4, -0.2) is 35.8 Å². The molecule has 1 aromatic heterocycles. The number of rotatable bonds is 7. The van der Waals surface area contributed by atoms with Crippen molar-refractivity contribution in [1.82, 2.24) is 9.97 Å². The lowest BCUT2D eigenvalue weighted by atomic mass is 10.3. The molecular weight excluding hydrogens is 218 g/mol. The smallest absolute Gasteiger partial charge is 0.221 e. The molecule has 96 valence electrons. The van der Waals surface area contributed by atoms with Gasteiger partial charge in [0.2, 0.25) is 5.88 Å². The molecule has 0 bridgehead atoms. The molecule has 0 atom stereocenters. The Bertz CT molecular complexity index is 343. The Hall–Kier alpha value is -1.36. The highest BCUT2D eigenvalue weighted by atomic mass is 16.5. The molecule has 0 aliphatic rings. The average Bonchev–Trinajstić information content (AvgIpc) is 2.29. The van der Waals surface area contributed by atoms with Gasteiger partial charge in [-0.25, -0.2) is 9.97 Å². The van der Waals surface area contributed by atoms with Crippen molar-refractivity contribution in [3.63, 3.8) is 0 Å². The number of nitrogens with one attached hydrogen (secondary N) is 1. The van der Waals surface area contributed by atoms with Crippen molar-refractivity contribution in [2.45, 2.75) is 33.8 Å². The van der Waals surface area contributed by atoms with E-state index in [1.807, 2.05) is 27.7 Å². The normalized spacial score (nSPS) is 10.6. The molecule has 0 amide bonds. The lowest BCUT2D eigenvalue weighted by Crippen LogP contribution is -2.13. The minimum absolute atomic E-state index is 0.224. The molecule has 17 heavy (non-hydrogen) atoms. The van der Waals surface area contributed by atoms with Gasteiger partial charge in [0.15, 0.2) is 0 Å². The van der Waals surface area contributed by atoms with Gasteiger partial charge in [-0.1, -0.05) is 0 Å². The summed E-state index contributed by atoms with van der Waals surface area (Å²) in [5.74, 6) is 1.44. The first-order valence-corrected chi connectivity index (χ1v) is 5.95. The van der Waals surface area contributed by atoms with Crippen LogP contribution in [0.4, 0.5) is 5.82 Å². The maximum atomic E-state index is 5.56. The molecule has 0 saturated carbocycles. The van der Waals surface area contributed by atoms with E-state index < -0.39 is 0 Å². The van der Waals surface area contributed by atoms with Crippen LogP contribution in [0.5, 0.6) is 5.88 Å². The molecule has 5 heteroatoms. The lowest BCUT2D eigenvalue weighted by molar-refractivity contribution is 0.0541. The summed E-state index contributed by atoms with van der Waals surface area (Å²) in [5, 5.41) is 3.16. The quantitative estimate of drug-likeness (QED) is 0.738. The molecule has 0 radical (unpaired) electrons. The largest absolute Gasteiger partial charge is 0.475 e. The summed E-state index contributed by atoms with van der Waals surface area (Å²) in [7, 11) is 0. The van der Waals surface area contributed by atoms with Crippen LogP contribution in [0.2, 0.25) is 0 Å². The second-order valence-corrected chi connectivity index (χ2v) is 3.95. The first kappa shape index (κ1) is 13.7. The Balaban J connectivity index is 2.50. The number of ether oxygens (including phenoxy) is 2. The number of hydrogen-bond acceptors (Lipinski definition) is 5. The van der Waals surface area contributed by atoms with Crippen molar-refractivity contribution >= 4 is 5.82 Å². The van der Waals surface area contributed by atoms with Gasteiger partial charge < -0.3 is 14.8 Å². The van der Waals surface area contributed by atoms with Gasteiger partial charge in [0.25, 0.3) is 0 Å². The highest BCUT2D eigenvalue weighted by Crippen LogP contribution is 2.19. The molecule has 0 fully saturated rings. The molecule has 5 nitrogen and oxygen atoms in total. The van der Waals surface area contributed by atoms with E-state index in [0.717, 1.165) is 17.9 Å². The average molecular weight is 239 g/mol. The standard InChI is InChI=1S/C12H21N3O2/c1-5-13-11-10(4)12(15-8-14-11)17-7-6-16-9(2)3/h8-9H,5-7H2,1-4H3,(H,13,14,15). The van der Waals surface area contributed by atoms with E-state index in [0.29, 0.717) is 19.1 Å². The number of anilines is 1. The predicted molar refractivity (Wildman–Crippen MR) is 67.5 cm³/mol. The van der Waals surface area contributed by atoms with Crippen molar-refractivity contribution < 1.29 is 9.47 Å². The first-order chi connectivity index (χ1) is 8.15. The van der Waals surface area contributed by atoms with Gasteiger partial charge in [0.1, 0.15) is 18.8 Å². The van der Waals surface area contributed by atoms with Crippen LogP contribution < -0.4 is 10.1 Å². The molecule has 0 unspecified atom stereocenters. The molecule has 0 spiro atoms. The summed E-state index contributed by atoms with van der Waals surface area (Å²) in [6, 6.07) is 0. The van der Waals surface area contributed by atoms with Crippen LogP contribution in [0.1, 0.15) is 26.3 Å². The van der Waals surface area contributed by atoms with E-state index in [4.69, 9.17) is 9.47 Å². The summed E-state index contributed by atoms with van der Waals surface area (Å²) in [4.78, 5) is 8.26. The van der Waals surface area contributed by atoms with Gasteiger partial charge in [0, 0.05) is 6.54 Å². The maximum Gasteiger partial charge on any atom is 0.221 e. The van der Waals surface area contributed by atoms with E-state index in [-0.39, 0.29) is 6.10 Å². The SMILES string of the molecule is CCNc1ncnc(OCCOC(C)C)c1C. The Morgan fingerprint density at radius 2 is 2.06 bits per heavy atom. The van der Waals surface area contributed by atoms with Gasteiger partial charge in [-0.05, 0) is 27.7 Å². The lowest BCUT2D eigenvalue weighted by Gasteiger charge is -2.12. The van der Waals surface area contributed by atoms with Gasteiger partial charge in [-0.15, -0.1) is 0 Å². The van der Waals surface area contributed by atoms with E-state index in [1.165, 1.54) is 6.33 Å². The number of nitrogens with zero attached hydrogens (tertiary/aromatic N) is 2. The summed E-state index contributed by atoms with van der Waals surface area (Å²) >= 11 is 0. The molecule has 1 aromatic rings. The first-order valence-electron chi connectivity index (χ1n) is 5.95. The van der Waals surface area contributed by atoms with Crippen LogP contribution in [0.25, 0.3) is 0 Å². The summed E-state index contributed by atoms with van der Waals surface area (Å²) < 4.78 is 11.0. The third-order valence-electron chi connectivity index (χ3n) is 2.16. The molecular formula is C12H21N3O2. The summed E-state index contributed by atoms with van der Waals surface area (Å²) in [5.41, 5.74) is 0.930. The van der Waals surface area contributed by atoms with Gasteiger partial charge in [0.05, 0.1) is 18.3 Å². The van der Waals surface area contributed by atoms with Crippen LogP contribution in [0.3, 0.4) is 0 Å². The van der Waals surface area contributed by atoms with Gasteiger partial charge >= 0.3 is 0 Å². The summed E-state index contributed by atoms with van der Waals surface area (Å²) in [6.45, 7) is 9.86. The fourth-order valence-corrected chi connectivity index (χ4v) is 1.35. The molecule has 1 N–H and O–H groups in total. The van der Waals surface area contributed by atoms with Crippen molar-refractivity contribution in [2.24, 2.45) is 0 Å². The molecule has 0 aliphatic carbocycles. The Labute approximate surface area is 103 Å². The Morgan fingerprint density at radius 3 is 2.71 bits per heavy atom. The van der Waals surface area contributed by atoms with Crippen LogP contribution in [0.15, 0.2) is 6.33 Å². The Kier molecular flexibility index (Phi) is 5.69. The van der Waals surface area contributed by atoms with Crippen molar-refractivity contribution in [3.8, 4) is 5.88 Å². The second kappa shape index (κ2) is 7.06. The number of hydrogen-bond donors (Lipinski definition) is 1. The fourth-order valence-electron chi connectivity index (χ4n) is 1.35. The summed E-state index contributed by atoms with van der Waals surface area (Å²) in [6.07, 6.45) is 1.73. The topological polar surface area (TPSA) is 56.3 Å². The third-order valence-corrected chi connectivity index (χ3v) is 2.16. The third kappa shape index (κ3) is 4.56. The van der Waals surface area contributed by atoms with Gasteiger partial charge in [-0.2, -0.15) is 0 Å². The highest BCUT2D eigenvalue weighted by Gasteiger charge is 2.07. The van der Waals surface area contributed by atoms with Gasteiger partial charge in [-0.3, -0.25) is 0 Å². The molecule has 1 heterocycles. The van der Waals surface area contributed by atoms with E-state index in [9.17, 15) is 0 Å². The van der Waals surface area contributed by atoms with Crippen molar-refractivity contribution in [2.75, 3.05) is 25.1 Å². The zero-order valence-corrected chi connectivity index (χ0v) is 11.0. The predicted octanol–water partition coefficient (Wildman–Crippen LogP) is 2.02. The second-order valence-electron chi connectivity index (χ2n) is 3.95. The molecule has 0 saturated heterocycles. The van der Waals surface area contributed by atoms with Crippen LogP contribution in [-0.2, 0) is 4.74 Å². The monoisotopic (exact) mass is 239 g/mol. The van der Waals surface area contributed by atoms with Crippen molar-refractivity contribution in [3.05, 3.63) is 11.9 Å².